The van der Waals surface area contributed by atoms with Crippen molar-refractivity contribution in [3.8, 4) is 5.75 Å². The molecule has 1 aromatic rings. The number of anilines is 1. The van der Waals surface area contributed by atoms with Crippen LogP contribution < -0.4 is 4.90 Å². The maximum absolute atomic E-state index is 11.8. The summed E-state index contributed by atoms with van der Waals surface area (Å²) in [6.45, 7) is 0.457. The van der Waals surface area contributed by atoms with Crippen LogP contribution in [0.1, 0.15) is 6.42 Å². The van der Waals surface area contributed by atoms with E-state index in [1.54, 1.807) is 0 Å². The van der Waals surface area contributed by atoms with Crippen LogP contribution in [0.5, 0.6) is 5.75 Å². The summed E-state index contributed by atoms with van der Waals surface area (Å²) in [4.78, 5) is 23.3. The molecular formula is C11H11BrN2O4. The molecular weight excluding hydrogens is 304 g/mol. The third-order valence-electron chi connectivity index (χ3n) is 2.88. The van der Waals surface area contributed by atoms with Gasteiger partial charge in [0.1, 0.15) is 5.75 Å². The second-order valence-electron chi connectivity index (χ2n) is 4.16. The van der Waals surface area contributed by atoms with E-state index in [1.165, 1.54) is 23.1 Å². The number of hydrogen-bond donors (Lipinski definition) is 1. The minimum absolute atomic E-state index is 0.121. The van der Waals surface area contributed by atoms with Crippen LogP contribution in [0, 0.1) is 16.0 Å². The molecule has 7 heteroatoms. The molecule has 18 heavy (non-hydrogen) atoms. The lowest BCUT2D eigenvalue weighted by molar-refractivity contribution is -0.384. The van der Waals surface area contributed by atoms with Crippen molar-refractivity contribution in [3.05, 3.63) is 28.3 Å². The number of halogens is 1. The van der Waals surface area contributed by atoms with Crippen molar-refractivity contribution in [2.45, 2.75) is 6.42 Å². The molecule has 2 rings (SSSR count). The van der Waals surface area contributed by atoms with Gasteiger partial charge >= 0.3 is 0 Å². The Balaban J connectivity index is 2.35. The number of nitro groups is 1. The Morgan fingerprint density at radius 1 is 1.56 bits per heavy atom. The van der Waals surface area contributed by atoms with E-state index in [2.05, 4.69) is 15.9 Å². The highest BCUT2D eigenvalue weighted by atomic mass is 79.9. The zero-order valence-corrected chi connectivity index (χ0v) is 11.0. The van der Waals surface area contributed by atoms with Crippen LogP contribution in [0.3, 0.4) is 0 Å². The normalized spacial score (nSPS) is 19.3. The summed E-state index contributed by atoms with van der Waals surface area (Å²) in [5, 5.41) is 21.1. The highest BCUT2D eigenvalue weighted by molar-refractivity contribution is 9.09. The number of non-ortho nitro benzene ring substituents is 1. The molecule has 0 radical (unpaired) electrons. The number of rotatable bonds is 3. The quantitative estimate of drug-likeness (QED) is 0.525. The highest BCUT2D eigenvalue weighted by Crippen LogP contribution is 2.35. The van der Waals surface area contributed by atoms with Crippen molar-refractivity contribution in [2.24, 2.45) is 5.92 Å². The van der Waals surface area contributed by atoms with Gasteiger partial charge in [-0.3, -0.25) is 14.9 Å². The molecule has 1 amide bonds. The van der Waals surface area contributed by atoms with Gasteiger partial charge in [0.15, 0.2) is 0 Å². The number of carbonyl (C=O) groups is 1. The Morgan fingerprint density at radius 3 is 2.83 bits per heavy atom. The van der Waals surface area contributed by atoms with Crippen LogP contribution in [0.15, 0.2) is 18.2 Å². The van der Waals surface area contributed by atoms with Gasteiger partial charge in [-0.25, -0.2) is 0 Å². The fourth-order valence-corrected chi connectivity index (χ4v) is 2.39. The van der Waals surface area contributed by atoms with E-state index in [4.69, 9.17) is 0 Å². The lowest BCUT2D eigenvalue weighted by Crippen LogP contribution is -2.24. The van der Waals surface area contributed by atoms with Crippen LogP contribution in [0.25, 0.3) is 0 Å². The van der Waals surface area contributed by atoms with E-state index in [0.717, 1.165) is 0 Å². The average Bonchev–Trinajstić information content (AvgIpc) is 2.71. The molecule has 0 bridgehead atoms. The first kappa shape index (κ1) is 12.8. The molecule has 1 N–H and O–H groups in total. The first-order chi connectivity index (χ1) is 8.52. The number of nitrogens with zero attached hydrogens (tertiary/aromatic N) is 2. The van der Waals surface area contributed by atoms with E-state index >= 15 is 0 Å². The largest absolute Gasteiger partial charge is 0.506 e. The van der Waals surface area contributed by atoms with E-state index in [0.29, 0.717) is 18.3 Å². The number of phenolic OH excluding ortho intramolecular Hbond substituents is 1. The Kier molecular flexibility index (Phi) is 3.51. The van der Waals surface area contributed by atoms with Crippen LogP contribution in [-0.2, 0) is 4.79 Å². The Labute approximate surface area is 111 Å². The minimum atomic E-state index is -0.550. The number of phenols is 1. The fourth-order valence-electron chi connectivity index (χ4n) is 1.96. The number of carbonyl (C=O) groups excluding carboxylic acids is 1. The fraction of sp³-hybridized carbons (Fsp3) is 0.364. The third kappa shape index (κ3) is 2.31. The number of alkyl halides is 1. The van der Waals surface area contributed by atoms with Gasteiger partial charge in [0, 0.05) is 30.4 Å². The first-order valence-corrected chi connectivity index (χ1v) is 6.48. The van der Waals surface area contributed by atoms with Crippen LogP contribution >= 0.6 is 15.9 Å². The van der Waals surface area contributed by atoms with Gasteiger partial charge in [-0.1, -0.05) is 15.9 Å². The van der Waals surface area contributed by atoms with Gasteiger partial charge in [0.05, 0.1) is 10.6 Å². The first-order valence-electron chi connectivity index (χ1n) is 5.36. The number of aromatic hydroxyl groups is 1. The minimum Gasteiger partial charge on any atom is -0.506 e. The van der Waals surface area contributed by atoms with Crippen LogP contribution in [0.2, 0.25) is 0 Å². The summed E-state index contributed by atoms with van der Waals surface area (Å²) in [6, 6.07) is 3.67. The average molecular weight is 315 g/mol. The molecule has 1 fully saturated rings. The molecule has 1 atom stereocenters. The van der Waals surface area contributed by atoms with E-state index in [-0.39, 0.29) is 28.9 Å². The molecule has 0 aliphatic carbocycles. The Morgan fingerprint density at radius 2 is 2.28 bits per heavy atom. The van der Waals surface area contributed by atoms with Crippen molar-refractivity contribution >= 4 is 33.2 Å². The topological polar surface area (TPSA) is 83.7 Å². The Bertz CT molecular complexity index is 506. The maximum Gasteiger partial charge on any atom is 0.271 e. The molecule has 1 heterocycles. The summed E-state index contributed by atoms with van der Waals surface area (Å²) in [5.41, 5.74) is 0.0653. The summed E-state index contributed by atoms with van der Waals surface area (Å²) in [5.74, 6) is -0.0874. The van der Waals surface area contributed by atoms with Crippen LogP contribution in [-0.4, -0.2) is 27.8 Å². The number of benzene rings is 1. The predicted octanol–water partition coefficient (Wildman–Crippen LogP) is 2.05. The lowest BCUT2D eigenvalue weighted by atomic mass is 10.2. The van der Waals surface area contributed by atoms with Gasteiger partial charge in [0.2, 0.25) is 5.91 Å². The number of amides is 1. The summed E-state index contributed by atoms with van der Waals surface area (Å²) in [6.07, 6.45) is 0.382. The monoisotopic (exact) mass is 314 g/mol. The van der Waals surface area contributed by atoms with Gasteiger partial charge in [-0.15, -0.1) is 0 Å². The lowest BCUT2D eigenvalue weighted by Gasteiger charge is -2.17. The van der Waals surface area contributed by atoms with Gasteiger partial charge in [0.25, 0.3) is 5.69 Å². The van der Waals surface area contributed by atoms with Crippen molar-refractivity contribution in [1.82, 2.24) is 0 Å². The summed E-state index contributed by atoms with van der Waals surface area (Å²) in [7, 11) is 0. The SMILES string of the molecule is O=C1CC(CBr)CN1c1cc([N+](=O)[O-])ccc1O. The van der Waals surface area contributed by atoms with E-state index < -0.39 is 4.92 Å². The second-order valence-corrected chi connectivity index (χ2v) is 4.81. The second kappa shape index (κ2) is 4.93. The molecule has 0 saturated carbocycles. The summed E-state index contributed by atoms with van der Waals surface area (Å²) < 4.78 is 0. The molecule has 1 unspecified atom stereocenters. The molecule has 6 nitrogen and oxygen atoms in total. The van der Waals surface area contributed by atoms with E-state index in [1.807, 2.05) is 0 Å². The Hall–Kier alpha value is -1.63. The van der Waals surface area contributed by atoms with Gasteiger partial charge in [-0.05, 0) is 12.0 Å². The number of hydrogen-bond acceptors (Lipinski definition) is 4. The summed E-state index contributed by atoms with van der Waals surface area (Å²) >= 11 is 3.31. The molecule has 1 saturated heterocycles. The maximum atomic E-state index is 11.8. The van der Waals surface area contributed by atoms with Crippen molar-refractivity contribution < 1.29 is 14.8 Å². The van der Waals surface area contributed by atoms with Crippen LogP contribution in [0.4, 0.5) is 11.4 Å². The van der Waals surface area contributed by atoms with Crippen molar-refractivity contribution in [2.75, 3.05) is 16.8 Å². The third-order valence-corrected chi connectivity index (χ3v) is 3.80. The molecule has 1 aliphatic rings. The number of nitro benzene ring substituents is 1. The molecule has 96 valence electrons. The molecule has 0 spiro atoms. The zero-order chi connectivity index (χ0) is 13.3. The van der Waals surface area contributed by atoms with Crippen molar-refractivity contribution in [3.63, 3.8) is 0 Å². The van der Waals surface area contributed by atoms with Gasteiger partial charge < -0.3 is 10.0 Å². The molecule has 1 aliphatic heterocycles. The molecule has 1 aromatic carbocycles. The van der Waals surface area contributed by atoms with Gasteiger partial charge in [-0.2, -0.15) is 0 Å². The smallest absolute Gasteiger partial charge is 0.271 e. The predicted molar refractivity (Wildman–Crippen MR) is 69.0 cm³/mol. The molecule has 0 aromatic heterocycles. The van der Waals surface area contributed by atoms with E-state index in [9.17, 15) is 20.0 Å². The zero-order valence-electron chi connectivity index (χ0n) is 9.38. The standard InChI is InChI=1S/C11H11BrN2O4/c12-5-7-3-11(16)13(6-7)9-4-8(14(17)18)1-2-10(9)15/h1-2,4,7,15H,3,5-6H2. The highest BCUT2D eigenvalue weighted by Gasteiger charge is 2.32. The van der Waals surface area contributed by atoms with Crippen molar-refractivity contribution in [1.29, 1.82) is 0 Å².